The highest BCUT2D eigenvalue weighted by Gasteiger charge is 2.45. The Morgan fingerprint density at radius 1 is 0.943 bits per heavy atom. The number of amides is 1. The van der Waals surface area contributed by atoms with Crippen molar-refractivity contribution in [2.75, 3.05) is 24.5 Å². The van der Waals surface area contributed by atoms with Crippen LogP contribution < -0.4 is 4.90 Å². The number of benzene rings is 2. The Morgan fingerprint density at radius 2 is 1.71 bits per heavy atom. The topological polar surface area (TPSA) is 80.0 Å². The second kappa shape index (κ2) is 8.76. The Labute approximate surface area is 204 Å². The normalized spacial score (nSPS) is 17.9. The second-order valence-corrected chi connectivity index (χ2v) is 9.77. The SMILES string of the molecule is Cc1ccc(-n2nccn2)c(CN2CCCC3(CCN(c4cnc5ccccc5n4)CC3)C2=O)c1. The summed E-state index contributed by atoms with van der Waals surface area (Å²) < 4.78 is 0. The van der Waals surface area contributed by atoms with Crippen LogP contribution in [0.2, 0.25) is 0 Å². The Balaban J connectivity index is 1.19. The third kappa shape index (κ3) is 4.03. The van der Waals surface area contributed by atoms with Gasteiger partial charge in [0.25, 0.3) is 0 Å². The molecule has 35 heavy (non-hydrogen) atoms. The van der Waals surface area contributed by atoms with Crippen molar-refractivity contribution in [3.63, 3.8) is 0 Å². The molecule has 2 aromatic carbocycles. The molecule has 1 spiro atoms. The van der Waals surface area contributed by atoms with Gasteiger partial charge in [0.15, 0.2) is 0 Å². The van der Waals surface area contributed by atoms with E-state index in [2.05, 4.69) is 44.0 Å². The molecular weight excluding hydrogens is 438 g/mol. The zero-order valence-electron chi connectivity index (χ0n) is 20.0. The third-order valence-corrected chi connectivity index (χ3v) is 7.54. The molecule has 0 saturated carbocycles. The highest BCUT2D eigenvalue weighted by molar-refractivity contribution is 5.84. The molecule has 1 amide bonds. The lowest BCUT2D eigenvalue weighted by molar-refractivity contribution is -0.148. The molecule has 0 aliphatic carbocycles. The van der Waals surface area contributed by atoms with Gasteiger partial charge in [-0.25, -0.2) is 4.98 Å². The van der Waals surface area contributed by atoms with Crippen molar-refractivity contribution in [3.05, 3.63) is 72.2 Å². The van der Waals surface area contributed by atoms with Crippen LogP contribution in [0.4, 0.5) is 5.82 Å². The number of para-hydroxylation sites is 2. The lowest BCUT2D eigenvalue weighted by Gasteiger charge is -2.46. The number of carbonyl (C=O) groups is 1. The summed E-state index contributed by atoms with van der Waals surface area (Å²) in [4.78, 5) is 29.2. The molecule has 4 aromatic rings. The second-order valence-electron chi connectivity index (χ2n) is 9.77. The Hall–Kier alpha value is -3.81. The standard InChI is InChI=1S/C27H29N7O/c1-20-7-8-24(34-29-12-13-30-34)21(17-20)19-33-14-4-9-27(26(33)35)10-15-32(16-11-27)25-18-28-22-5-2-3-6-23(22)31-25/h2-3,5-8,12-13,17-18H,4,9-11,14-16,19H2,1H3. The lowest BCUT2D eigenvalue weighted by Crippen LogP contribution is -2.53. The van der Waals surface area contributed by atoms with Gasteiger partial charge in [0, 0.05) is 26.2 Å². The molecule has 2 fully saturated rings. The lowest BCUT2D eigenvalue weighted by atomic mass is 9.71. The van der Waals surface area contributed by atoms with Crippen molar-refractivity contribution in [1.29, 1.82) is 0 Å². The van der Waals surface area contributed by atoms with Gasteiger partial charge < -0.3 is 9.80 Å². The van der Waals surface area contributed by atoms with Crippen LogP contribution in [0.1, 0.15) is 36.8 Å². The summed E-state index contributed by atoms with van der Waals surface area (Å²) >= 11 is 0. The number of hydrogen-bond donors (Lipinski definition) is 0. The van der Waals surface area contributed by atoms with E-state index in [1.54, 1.807) is 17.2 Å². The van der Waals surface area contributed by atoms with Crippen LogP contribution in [0, 0.1) is 12.3 Å². The van der Waals surface area contributed by atoms with Crippen molar-refractivity contribution in [2.45, 2.75) is 39.2 Å². The van der Waals surface area contributed by atoms with E-state index in [9.17, 15) is 4.79 Å². The van der Waals surface area contributed by atoms with E-state index in [1.807, 2.05) is 36.5 Å². The molecule has 178 valence electrons. The maximum absolute atomic E-state index is 13.8. The van der Waals surface area contributed by atoms with Crippen LogP contribution in [0.3, 0.4) is 0 Å². The zero-order valence-corrected chi connectivity index (χ0v) is 20.0. The van der Waals surface area contributed by atoms with Crippen LogP contribution in [-0.4, -0.2) is 55.4 Å². The van der Waals surface area contributed by atoms with E-state index < -0.39 is 0 Å². The number of aryl methyl sites for hydroxylation is 1. The summed E-state index contributed by atoms with van der Waals surface area (Å²) in [6, 6.07) is 14.2. The molecular formula is C27H29N7O. The van der Waals surface area contributed by atoms with Gasteiger partial charge in [0.2, 0.25) is 5.91 Å². The fourth-order valence-electron chi connectivity index (χ4n) is 5.61. The number of nitrogens with zero attached hydrogens (tertiary/aromatic N) is 7. The van der Waals surface area contributed by atoms with E-state index in [-0.39, 0.29) is 11.3 Å². The predicted octanol–water partition coefficient (Wildman–Crippen LogP) is 3.93. The van der Waals surface area contributed by atoms with Gasteiger partial charge in [-0.1, -0.05) is 29.8 Å². The predicted molar refractivity (Wildman–Crippen MR) is 134 cm³/mol. The van der Waals surface area contributed by atoms with E-state index in [0.29, 0.717) is 6.54 Å². The summed E-state index contributed by atoms with van der Waals surface area (Å²) in [5, 5.41) is 8.63. The van der Waals surface area contributed by atoms with Crippen molar-refractivity contribution >= 4 is 22.8 Å². The number of anilines is 1. The molecule has 8 heteroatoms. The molecule has 0 radical (unpaired) electrons. The minimum absolute atomic E-state index is 0.285. The molecule has 0 N–H and O–H groups in total. The molecule has 4 heterocycles. The third-order valence-electron chi connectivity index (χ3n) is 7.54. The number of aromatic nitrogens is 5. The summed E-state index contributed by atoms with van der Waals surface area (Å²) in [5.41, 5.74) is 4.70. The fourth-order valence-corrected chi connectivity index (χ4v) is 5.61. The average molecular weight is 468 g/mol. The van der Waals surface area contributed by atoms with Crippen LogP contribution >= 0.6 is 0 Å². The van der Waals surface area contributed by atoms with Gasteiger partial charge >= 0.3 is 0 Å². The van der Waals surface area contributed by atoms with Crippen LogP contribution in [0.5, 0.6) is 0 Å². The first-order valence-corrected chi connectivity index (χ1v) is 12.3. The Bertz CT molecular complexity index is 1360. The van der Waals surface area contributed by atoms with Crippen LogP contribution in [0.15, 0.2) is 61.1 Å². The maximum Gasteiger partial charge on any atom is 0.229 e. The van der Waals surface area contributed by atoms with Crippen molar-refractivity contribution < 1.29 is 4.79 Å². The van der Waals surface area contributed by atoms with Gasteiger partial charge in [-0.3, -0.25) is 9.78 Å². The number of hydrogen-bond acceptors (Lipinski definition) is 6. The molecule has 8 nitrogen and oxygen atoms in total. The fraction of sp³-hybridized carbons (Fsp3) is 0.370. The van der Waals surface area contributed by atoms with E-state index >= 15 is 0 Å². The van der Waals surface area contributed by atoms with E-state index in [4.69, 9.17) is 4.98 Å². The van der Waals surface area contributed by atoms with E-state index in [1.165, 1.54) is 5.56 Å². The van der Waals surface area contributed by atoms with Gasteiger partial charge in [0.05, 0.1) is 40.7 Å². The molecule has 2 aromatic heterocycles. The minimum atomic E-state index is -0.285. The number of rotatable bonds is 4. The van der Waals surface area contributed by atoms with Gasteiger partial charge in [-0.05, 0) is 56.4 Å². The summed E-state index contributed by atoms with van der Waals surface area (Å²) in [5.74, 6) is 1.18. The van der Waals surface area contributed by atoms with Crippen molar-refractivity contribution in [3.8, 4) is 5.69 Å². The Morgan fingerprint density at radius 3 is 2.51 bits per heavy atom. The summed E-state index contributed by atoms with van der Waals surface area (Å²) in [6.07, 6.45) is 8.90. The quantitative estimate of drug-likeness (QED) is 0.453. The number of likely N-dealkylation sites (tertiary alicyclic amines) is 1. The number of carbonyl (C=O) groups excluding carboxylic acids is 1. The molecule has 2 saturated heterocycles. The largest absolute Gasteiger partial charge is 0.355 e. The molecule has 6 rings (SSSR count). The van der Waals surface area contributed by atoms with Gasteiger partial charge in [0.1, 0.15) is 5.82 Å². The zero-order chi connectivity index (χ0) is 23.8. The minimum Gasteiger partial charge on any atom is -0.355 e. The number of piperidine rings is 2. The van der Waals surface area contributed by atoms with E-state index in [0.717, 1.165) is 73.4 Å². The molecule has 0 unspecified atom stereocenters. The van der Waals surface area contributed by atoms with Crippen LogP contribution in [-0.2, 0) is 11.3 Å². The monoisotopic (exact) mass is 467 g/mol. The molecule has 2 aliphatic heterocycles. The van der Waals surface area contributed by atoms with Crippen LogP contribution in [0.25, 0.3) is 16.7 Å². The maximum atomic E-state index is 13.8. The smallest absolute Gasteiger partial charge is 0.229 e. The highest BCUT2D eigenvalue weighted by Crippen LogP contribution is 2.42. The first kappa shape index (κ1) is 21.7. The summed E-state index contributed by atoms with van der Waals surface area (Å²) in [7, 11) is 0. The van der Waals surface area contributed by atoms with Crippen molar-refractivity contribution in [1.82, 2.24) is 29.9 Å². The Kier molecular flexibility index (Phi) is 5.43. The first-order valence-electron chi connectivity index (χ1n) is 12.3. The highest BCUT2D eigenvalue weighted by atomic mass is 16.2. The first-order chi connectivity index (χ1) is 17.1. The van der Waals surface area contributed by atoms with Crippen molar-refractivity contribution in [2.24, 2.45) is 5.41 Å². The molecule has 0 atom stereocenters. The molecule has 2 aliphatic rings. The average Bonchev–Trinajstić information content (AvgIpc) is 3.42. The van der Waals surface area contributed by atoms with Gasteiger partial charge in [-0.2, -0.15) is 15.0 Å². The molecule has 0 bridgehead atoms. The number of fused-ring (bicyclic) bond motifs is 1. The summed E-state index contributed by atoms with van der Waals surface area (Å²) in [6.45, 7) is 5.09. The van der Waals surface area contributed by atoms with Gasteiger partial charge in [-0.15, -0.1) is 0 Å².